The molecule has 1 aromatic heterocycles. The van der Waals surface area contributed by atoms with Crippen LogP contribution in [0.4, 0.5) is 15.8 Å². The lowest BCUT2D eigenvalue weighted by Crippen LogP contribution is -2.35. The Bertz CT molecular complexity index is 1730. The molecule has 1 saturated carbocycles. The number of rotatable bonds is 14. The van der Waals surface area contributed by atoms with Gasteiger partial charge in [0.15, 0.2) is 11.5 Å². The minimum absolute atomic E-state index is 0.132. The van der Waals surface area contributed by atoms with Crippen LogP contribution in [0, 0.1) is 11.2 Å². The lowest BCUT2D eigenvalue weighted by atomic mass is 10.0. The maximum Gasteiger partial charge on any atom is 0.303 e. The largest absolute Gasteiger partial charge is 0.493 e. The smallest absolute Gasteiger partial charge is 0.303 e. The van der Waals surface area contributed by atoms with E-state index in [1.807, 2.05) is 0 Å². The highest BCUT2D eigenvalue weighted by Gasteiger charge is 2.56. The van der Waals surface area contributed by atoms with Gasteiger partial charge in [-0.1, -0.05) is 11.6 Å². The fraction of sp³-hybridized carbons (Fsp3) is 0.273. The minimum atomic E-state index is -1.21. The first-order chi connectivity index (χ1) is 21.7. The van der Waals surface area contributed by atoms with Crippen LogP contribution in [-0.2, 0) is 14.4 Å². The third kappa shape index (κ3) is 7.61. The Hall–Kier alpha value is -4.90. The van der Waals surface area contributed by atoms with Gasteiger partial charge in [0, 0.05) is 35.4 Å². The summed E-state index contributed by atoms with van der Waals surface area (Å²) in [7, 11) is 1.53. The van der Waals surface area contributed by atoms with Gasteiger partial charge in [0.25, 0.3) is 0 Å². The van der Waals surface area contributed by atoms with Crippen molar-refractivity contribution in [2.75, 3.05) is 24.4 Å². The first-order valence-electron chi connectivity index (χ1n) is 14.4. The number of nitrogens with one attached hydrogen (secondary N) is 2. The summed E-state index contributed by atoms with van der Waals surface area (Å²) in [6, 6.07) is 15.3. The molecule has 10 nitrogen and oxygen atoms in total. The Morgan fingerprint density at radius 2 is 1.60 bits per heavy atom. The van der Waals surface area contributed by atoms with Crippen LogP contribution < -0.4 is 24.8 Å². The van der Waals surface area contributed by atoms with E-state index in [1.165, 1.54) is 37.4 Å². The predicted octanol–water partition coefficient (Wildman–Crippen LogP) is 7.21. The average Bonchev–Trinajstić information content (AvgIpc) is 3.83. The van der Waals surface area contributed by atoms with E-state index in [2.05, 4.69) is 15.6 Å². The molecule has 5 rings (SSSR count). The van der Waals surface area contributed by atoms with Crippen LogP contribution in [0.2, 0.25) is 5.02 Å². The number of unbranched alkanes of at least 4 members (excludes halogenated alkanes) is 2. The number of aromatic nitrogens is 1. The second-order valence-electron chi connectivity index (χ2n) is 10.6. The van der Waals surface area contributed by atoms with Crippen molar-refractivity contribution < 1.29 is 38.1 Å². The molecule has 12 heteroatoms. The van der Waals surface area contributed by atoms with E-state index in [-0.39, 0.29) is 11.4 Å². The lowest BCUT2D eigenvalue weighted by molar-refractivity contribution is -0.137. The highest BCUT2D eigenvalue weighted by molar-refractivity contribution is 6.32. The van der Waals surface area contributed by atoms with E-state index < -0.39 is 29.0 Å². The Morgan fingerprint density at radius 3 is 2.27 bits per heavy atom. The summed E-state index contributed by atoms with van der Waals surface area (Å²) in [6.07, 6.45) is 4.51. The third-order valence-corrected chi connectivity index (χ3v) is 7.71. The van der Waals surface area contributed by atoms with E-state index in [0.717, 1.165) is 6.42 Å². The quantitative estimate of drug-likeness (QED) is 0.0977. The molecule has 3 aromatic carbocycles. The maximum atomic E-state index is 13.2. The molecule has 0 saturated heterocycles. The molecule has 1 aliphatic carbocycles. The zero-order valence-corrected chi connectivity index (χ0v) is 25.2. The predicted molar refractivity (Wildman–Crippen MR) is 167 cm³/mol. The molecule has 0 bridgehead atoms. The van der Waals surface area contributed by atoms with Crippen molar-refractivity contribution in [1.29, 1.82) is 0 Å². The molecule has 0 unspecified atom stereocenters. The van der Waals surface area contributed by atoms with Gasteiger partial charge in [-0.05, 0) is 86.7 Å². The van der Waals surface area contributed by atoms with Crippen molar-refractivity contribution in [2.24, 2.45) is 5.41 Å². The summed E-state index contributed by atoms with van der Waals surface area (Å²) < 4.78 is 30.8. The number of fused-ring (bicyclic) bond motifs is 1. The number of aliphatic carboxylic acids is 1. The maximum absolute atomic E-state index is 13.2. The summed E-state index contributed by atoms with van der Waals surface area (Å²) >= 11 is 6.54. The monoisotopic (exact) mass is 635 g/mol. The van der Waals surface area contributed by atoms with Crippen molar-refractivity contribution in [3.8, 4) is 23.0 Å². The van der Waals surface area contributed by atoms with Gasteiger partial charge in [-0.2, -0.15) is 0 Å². The van der Waals surface area contributed by atoms with Gasteiger partial charge in [0.2, 0.25) is 11.8 Å². The molecular formula is C33H31ClFN3O7. The first kappa shape index (κ1) is 31.5. The molecule has 0 aliphatic heterocycles. The molecule has 0 radical (unpaired) electrons. The SMILES string of the molecule is COc1cc2c(Oc3ccc(NC(=O)C4(C(=O)Nc5ccc(F)cc5)CC4)cc3Cl)ccnc2cc1OCCCCCC(=O)O. The minimum Gasteiger partial charge on any atom is -0.493 e. The van der Waals surface area contributed by atoms with Crippen molar-refractivity contribution >= 4 is 51.7 Å². The molecule has 3 N–H and O–H groups in total. The van der Waals surface area contributed by atoms with E-state index in [9.17, 15) is 18.8 Å². The molecule has 0 spiro atoms. The molecule has 2 amide bonds. The summed E-state index contributed by atoms with van der Waals surface area (Å²) in [5, 5.41) is 15.1. The average molecular weight is 636 g/mol. The number of carbonyl (C=O) groups excluding carboxylic acids is 2. The number of amides is 2. The van der Waals surface area contributed by atoms with E-state index >= 15 is 0 Å². The fourth-order valence-corrected chi connectivity index (χ4v) is 4.94. The zero-order valence-electron chi connectivity index (χ0n) is 24.4. The van der Waals surface area contributed by atoms with E-state index in [4.69, 9.17) is 30.9 Å². The highest BCUT2D eigenvalue weighted by atomic mass is 35.5. The van der Waals surface area contributed by atoms with Crippen molar-refractivity contribution in [3.05, 3.63) is 77.7 Å². The molecule has 45 heavy (non-hydrogen) atoms. The zero-order chi connectivity index (χ0) is 32.0. The van der Waals surface area contributed by atoms with Crippen molar-refractivity contribution in [3.63, 3.8) is 0 Å². The number of nitrogens with zero attached hydrogens (tertiary/aromatic N) is 1. The number of hydrogen-bond acceptors (Lipinski definition) is 7. The topological polar surface area (TPSA) is 136 Å². The molecule has 234 valence electrons. The normalized spacial score (nSPS) is 13.1. The summed E-state index contributed by atoms with van der Waals surface area (Å²) in [6.45, 7) is 0.399. The Kier molecular flexibility index (Phi) is 9.68. The number of carbonyl (C=O) groups is 3. The second kappa shape index (κ2) is 13.8. The molecule has 1 fully saturated rings. The van der Waals surface area contributed by atoms with Gasteiger partial charge in [-0.15, -0.1) is 0 Å². The number of anilines is 2. The van der Waals surface area contributed by atoms with E-state index in [1.54, 1.807) is 36.5 Å². The number of carboxylic acids is 1. The molecule has 1 heterocycles. The second-order valence-corrected chi connectivity index (χ2v) is 11.0. The summed E-state index contributed by atoms with van der Waals surface area (Å²) in [5.74, 6) is -0.373. The Labute approximate surface area is 263 Å². The molecule has 1 aliphatic rings. The van der Waals surface area contributed by atoms with Crippen LogP contribution in [-0.4, -0.2) is 41.6 Å². The number of benzene rings is 3. The van der Waals surface area contributed by atoms with Crippen LogP contribution in [0.15, 0.2) is 66.9 Å². The van der Waals surface area contributed by atoms with Crippen molar-refractivity contribution in [2.45, 2.75) is 38.5 Å². The van der Waals surface area contributed by atoms with Crippen LogP contribution in [0.5, 0.6) is 23.0 Å². The van der Waals surface area contributed by atoms with Gasteiger partial charge in [0.05, 0.1) is 24.3 Å². The first-order valence-corrected chi connectivity index (χ1v) is 14.7. The number of pyridine rings is 1. The Morgan fingerprint density at radius 1 is 0.889 bits per heavy atom. The molecule has 4 aromatic rings. The molecular weight excluding hydrogens is 605 g/mol. The summed E-state index contributed by atoms with van der Waals surface area (Å²) in [4.78, 5) is 41.1. The number of methoxy groups -OCH3 is 1. The van der Waals surface area contributed by atoms with Gasteiger partial charge in [-0.3, -0.25) is 19.4 Å². The summed E-state index contributed by atoms with van der Waals surface area (Å²) in [5.41, 5.74) is 0.181. The number of halogens is 2. The van der Waals surface area contributed by atoms with Gasteiger partial charge in [-0.25, -0.2) is 4.39 Å². The number of ether oxygens (including phenoxy) is 3. The van der Waals surface area contributed by atoms with Crippen molar-refractivity contribution in [1.82, 2.24) is 4.98 Å². The van der Waals surface area contributed by atoms with Crippen LogP contribution >= 0.6 is 11.6 Å². The lowest BCUT2D eigenvalue weighted by Gasteiger charge is -2.17. The molecule has 0 atom stereocenters. The van der Waals surface area contributed by atoms with Gasteiger partial charge in [0.1, 0.15) is 22.7 Å². The highest BCUT2D eigenvalue weighted by Crippen LogP contribution is 2.48. The van der Waals surface area contributed by atoms with Crippen LogP contribution in [0.25, 0.3) is 10.9 Å². The van der Waals surface area contributed by atoms with E-state index in [0.29, 0.717) is 77.6 Å². The van der Waals surface area contributed by atoms with Crippen LogP contribution in [0.3, 0.4) is 0 Å². The van der Waals surface area contributed by atoms with Gasteiger partial charge < -0.3 is 30.0 Å². The van der Waals surface area contributed by atoms with Gasteiger partial charge >= 0.3 is 5.97 Å². The number of carboxylic acid groups (broad SMARTS) is 1. The van der Waals surface area contributed by atoms with Crippen LogP contribution in [0.1, 0.15) is 38.5 Å². The standard InChI is InChI=1S/C33H31ClFN3O7/c1-43-28-18-23-25(19-29(28)44-16-4-2-3-5-30(39)40)36-15-12-26(23)45-27-11-10-22(17-24(27)34)38-32(42)33(13-14-33)31(41)37-21-8-6-20(35)7-9-21/h6-12,15,17-19H,2-5,13-14,16H2,1H3,(H,37,41)(H,38,42)(H,39,40). The number of hydrogen-bond donors (Lipinski definition) is 3. The fourth-order valence-electron chi connectivity index (χ4n) is 4.72. The third-order valence-electron chi connectivity index (χ3n) is 7.41. The Balaban J connectivity index is 1.24.